The van der Waals surface area contributed by atoms with Crippen molar-refractivity contribution in [3.05, 3.63) is 71.7 Å². The summed E-state index contributed by atoms with van der Waals surface area (Å²) < 4.78 is 31.6. The van der Waals surface area contributed by atoms with Crippen molar-refractivity contribution in [3.8, 4) is 5.82 Å². The lowest BCUT2D eigenvalue weighted by molar-refractivity contribution is -0.00547. The molecule has 10 nitrogen and oxygen atoms in total. The van der Waals surface area contributed by atoms with Crippen LogP contribution >= 0.6 is 0 Å². The molecule has 0 spiro atoms. The number of aryl methyl sites for hydroxylation is 1. The lowest BCUT2D eigenvalue weighted by Gasteiger charge is -2.35. The number of hydrogen-bond donors (Lipinski definition) is 1. The second-order valence-electron chi connectivity index (χ2n) is 9.75. The van der Waals surface area contributed by atoms with E-state index in [9.17, 15) is 13.2 Å². The molecule has 11 heteroatoms. The van der Waals surface area contributed by atoms with E-state index >= 15 is 0 Å². The Balaban J connectivity index is 1.32. The minimum atomic E-state index is -3.43. The van der Waals surface area contributed by atoms with Gasteiger partial charge in [-0.15, -0.1) is 5.10 Å². The molecule has 0 bridgehead atoms. The van der Waals surface area contributed by atoms with Gasteiger partial charge < -0.3 is 15.0 Å². The van der Waals surface area contributed by atoms with Gasteiger partial charge in [0.05, 0.1) is 34.9 Å². The standard InChI is InChI=1S/C27H30N6O4S/c1-17-5-6-20(11-24(17)38(4,35)36)27(34)29-14-22-12-23-21(13-28-22)7-8-25(30-23)33-10-9-26(31-33)32-15-18(2)37-19(3)16-32/h5-13,18-19H,14-16H2,1-4H3,(H,29,34)/t18-,19+. The van der Waals surface area contributed by atoms with Crippen LogP contribution in [-0.4, -0.2) is 65.6 Å². The van der Waals surface area contributed by atoms with E-state index in [1.54, 1.807) is 29.9 Å². The first kappa shape index (κ1) is 25.8. The quantitative estimate of drug-likeness (QED) is 0.401. The Labute approximate surface area is 221 Å². The maximum absolute atomic E-state index is 12.7. The Hall–Kier alpha value is -3.83. The molecule has 1 aliphatic rings. The first-order chi connectivity index (χ1) is 18.1. The molecule has 0 radical (unpaired) electrons. The molecule has 38 heavy (non-hydrogen) atoms. The van der Waals surface area contributed by atoms with Gasteiger partial charge in [-0.3, -0.25) is 9.78 Å². The molecule has 1 N–H and O–H groups in total. The predicted molar refractivity (Wildman–Crippen MR) is 144 cm³/mol. The molecule has 2 atom stereocenters. The van der Waals surface area contributed by atoms with Crippen LogP contribution in [0.5, 0.6) is 0 Å². The van der Waals surface area contributed by atoms with Crippen LogP contribution in [0.3, 0.4) is 0 Å². The Morgan fingerprint density at radius 3 is 2.58 bits per heavy atom. The van der Waals surface area contributed by atoms with E-state index in [1.807, 2.05) is 30.5 Å². The molecule has 5 rings (SSSR count). The molecular formula is C27H30N6O4S. The van der Waals surface area contributed by atoms with Gasteiger partial charge in [-0.2, -0.15) is 0 Å². The van der Waals surface area contributed by atoms with Crippen molar-refractivity contribution in [2.24, 2.45) is 0 Å². The number of nitrogens with zero attached hydrogens (tertiary/aromatic N) is 5. The zero-order valence-corrected chi connectivity index (χ0v) is 22.6. The van der Waals surface area contributed by atoms with Crippen LogP contribution in [0.1, 0.15) is 35.5 Å². The van der Waals surface area contributed by atoms with Crippen molar-refractivity contribution < 1.29 is 17.9 Å². The van der Waals surface area contributed by atoms with Gasteiger partial charge in [-0.1, -0.05) is 6.07 Å². The summed E-state index contributed by atoms with van der Waals surface area (Å²) in [5.41, 5.74) is 2.22. The number of hydrogen-bond acceptors (Lipinski definition) is 8. The molecule has 4 heterocycles. The number of morpholine rings is 1. The monoisotopic (exact) mass is 534 g/mol. The summed E-state index contributed by atoms with van der Waals surface area (Å²) in [5.74, 6) is 1.17. The number of sulfone groups is 1. The minimum absolute atomic E-state index is 0.141. The largest absolute Gasteiger partial charge is 0.372 e. The van der Waals surface area contributed by atoms with Crippen molar-refractivity contribution in [1.82, 2.24) is 25.1 Å². The number of carbonyl (C=O) groups is 1. The SMILES string of the molecule is Cc1ccc(C(=O)NCc2cc3nc(-n4ccc(N5C[C@@H](C)O[C@@H](C)C5)n4)ccc3cn2)cc1S(C)(=O)=O. The highest BCUT2D eigenvalue weighted by molar-refractivity contribution is 7.90. The number of benzene rings is 1. The van der Waals surface area contributed by atoms with Crippen LogP contribution in [0.4, 0.5) is 5.82 Å². The van der Waals surface area contributed by atoms with Gasteiger partial charge in [0.2, 0.25) is 0 Å². The molecule has 0 aliphatic carbocycles. The van der Waals surface area contributed by atoms with E-state index in [0.717, 1.165) is 36.1 Å². The predicted octanol–water partition coefficient (Wildman–Crippen LogP) is 3.07. The van der Waals surface area contributed by atoms with Crippen molar-refractivity contribution in [2.75, 3.05) is 24.2 Å². The summed E-state index contributed by atoms with van der Waals surface area (Å²) in [6, 6.07) is 12.3. The number of amides is 1. The third-order valence-electron chi connectivity index (χ3n) is 6.45. The second kappa shape index (κ2) is 10.1. The van der Waals surface area contributed by atoms with Gasteiger partial charge in [0, 0.05) is 48.8 Å². The maximum atomic E-state index is 12.7. The van der Waals surface area contributed by atoms with Crippen LogP contribution in [0.15, 0.2) is 59.8 Å². The van der Waals surface area contributed by atoms with E-state index in [0.29, 0.717) is 17.1 Å². The molecule has 1 amide bonds. The molecule has 198 valence electrons. The van der Waals surface area contributed by atoms with Gasteiger partial charge in [-0.05, 0) is 56.7 Å². The molecule has 0 saturated carbocycles. The summed E-state index contributed by atoms with van der Waals surface area (Å²) in [6.07, 6.45) is 5.02. The number of ether oxygens (including phenoxy) is 1. The fourth-order valence-corrected chi connectivity index (χ4v) is 5.65. The molecule has 1 saturated heterocycles. The van der Waals surface area contributed by atoms with E-state index in [1.165, 1.54) is 6.07 Å². The first-order valence-corrected chi connectivity index (χ1v) is 14.3. The maximum Gasteiger partial charge on any atom is 0.251 e. The highest BCUT2D eigenvalue weighted by atomic mass is 32.2. The summed E-state index contributed by atoms with van der Waals surface area (Å²) in [4.78, 5) is 24.3. The fourth-order valence-electron chi connectivity index (χ4n) is 4.66. The Kier molecular flexibility index (Phi) is 6.89. The molecule has 1 fully saturated rings. The van der Waals surface area contributed by atoms with Gasteiger partial charge in [-0.25, -0.2) is 18.1 Å². The Morgan fingerprint density at radius 2 is 1.84 bits per heavy atom. The smallest absolute Gasteiger partial charge is 0.251 e. The summed E-state index contributed by atoms with van der Waals surface area (Å²) in [5, 5.41) is 8.41. The molecule has 1 aromatic carbocycles. The average molecular weight is 535 g/mol. The van der Waals surface area contributed by atoms with Crippen molar-refractivity contribution in [3.63, 3.8) is 0 Å². The zero-order chi connectivity index (χ0) is 27.0. The number of aromatic nitrogens is 4. The van der Waals surface area contributed by atoms with Crippen molar-refractivity contribution in [1.29, 1.82) is 0 Å². The molecular weight excluding hydrogens is 504 g/mol. The summed E-state index contributed by atoms with van der Waals surface area (Å²) in [7, 11) is -3.43. The van der Waals surface area contributed by atoms with Crippen LogP contribution in [-0.2, 0) is 21.1 Å². The van der Waals surface area contributed by atoms with Crippen LogP contribution < -0.4 is 10.2 Å². The molecule has 4 aromatic rings. The highest BCUT2D eigenvalue weighted by Gasteiger charge is 2.24. The number of anilines is 1. The highest BCUT2D eigenvalue weighted by Crippen LogP contribution is 2.21. The number of nitrogens with one attached hydrogen (secondary N) is 1. The zero-order valence-electron chi connectivity index (χ0n) is 21.7. The summed E-state index contributed by atoms with van der Waals surface area (Å²) >= 11 is 0. The second-order valence-corrected chi connectivity index (χ2v) is 11.7. The number of fused-ring (bicyclic) bond motifs is 1. The summed E-state index contributed by atoms with van der Waals surface area (Å²) in [6.45, 7) is 7.56. The van der Waals surface area contributed by atoms with E-state index in [-0.39, 0.29) is 35.1 Å². The van der Waals surface area contributed by atoms with Crippen LogP contribution in [0.2, 0.25) is 0 Å². The Bertz CT molecular complexity index is 1610. The van der Waals surface area contributed by atoms with Gasteiger partial charge in [0.15, 0.2) is 21.5 Å². The lowest BCUT2D eigenvalue weighted by Crippen LogP contribution is -2.45. The number of carbonyl (C=O) groups excluding carboxylic acids is 1. The van der Waals surface area contributed by atoms with Crippen molar-refractivity contribution in [2.45, 2.75) is 44.4 Å². The topological polar surface area (TPSA) is 119 Å². The Morgan fingerprint density at radius 1 is 1.08 bits per heavy atom. The number of pyridine rings is 2. The van der Waals surface area contributed by atoms with E-state index < -0.39 is 9.84 Å². The van der Waals surface area contributed by atoms with Gasteiger partial charge in [0.25, 0.3) is 5.91 Å². The van der Waals surface area contributed by atoms with Gasteiger partial charge in [0.1, 0.15) is 0 Å². The molecule has 0 unspecified atom stereocenters. The van der Waals surface area contributed by atoms with Crippen LogP contribution in [0, 0.1) is 6.92 Å². The fraction of sp³-hybridized carbons (Fsp3) is 0.333. The van der Waals surface area contributed by atoms with E-state index in [4.69, 9.17) is 14.8 Å². The van der Waals surface area contributed by atoms with Crippen molar-refractivity contribution >= 4 is 32.5 Å². The van der Waals surface area contributed by atoms with E-state index in [2.05, 4.69) is 29.0 Å². The van der Waals surface area contributed by atoms with Gasteiger partial charge >= 0.3 is 0 Å². The lowest BCUT2D eigenvalue weighted by atomic mass is 10.1. The normalized spacial score (nSPS) is 18.1. The minimum Gasteiger partial charge on any atom is -0.372 e. The molecule has 1 aliphatic heterocycles. The third kappa shape index (κ3) is 5.53. The third-order valence-corrected chi connectivity index (χ3v) is 7.69. The first-order valence-electron chi connectivity index (χ1n) is 12.4. The van der Waals surface area contributed by atoms with Crippen LogP contribution in [0.25, 0.3) is 16.7 Å². The average Bonchev–Trinajstić information content (AvgIpc) is 3.36. The number of rotatable bonds is 6. The molecule has 3 aromatic heterocycles.